The first-order chi connectivity index (χ1) is 9.45. The van der Waals surface area contributed by atoms with Gasteiger partial charge in [-0.05, 0) is 49.2 Å². The molecule has 0 N–H and O–H groups in total. The van der Waals surface area contributed by atoms with Gasteiger partial charge in [0.05, 0.1) is 12.7 Å². The molecule has 4 heteroatoms. The zero-order valence-corrected chi connectivity index (χ0v) is 13.8. The number of methoxy groups -OCH3 is 1. The number of carbonyl (C=O) groups excluding carboxylic acids is 1. The van der Waals surface area contributed by atoms with Crippen molar-refractivity contribution in [2.75, 3.05) is 7.11 Å². The first-order valence-corrected chi connectivity index (χ1v) is 7.26. The highest BCUT2D eigenvalue weighted by molar-refractivity contribution is 9.10. The van der Waals surface area contributed by atoms with Gasteiger partial charge in [-0.2, -0.15) is 0 Å². The minimum Gasteiger partial charge on any atom is -0.496 e. The summed E-state index contributed by atoms with van der Waals surface area (Å²) in [6.07, 6.45) is 0. The smallest absolute Gasteiger partial charge is 0.197 e. The van der Waals surface area contributed by atoms with Crippen LogP contribution in [0.4, 0.5) is 0 Å². The summed E-state index contributed by atoms with van der Waals surface area (Å²) < 4.78 is 6.12. The van der Waals surface area contributed by atoms with E-state index in [1.165, 1.54) is 0 Å². The van der Waals surface area contributed by atoms with Gasteiger partial charge in [0, 0.05) is 15.1 Å². The Bertz CT molecular complexity index is 680. The molecule has 0 fully saturated rings. The molecule has 0 unspecified atom stereocenters. The number of hydrogen-bond donors (Lipinski definition) is 0. The summed E-state index contributed by atoms with van der Waals surface area (Å²) in [6.45, 7) is 3.93. The molecule has 0 bridgehead atoms. The normalized spacial score (nSPS) is 10.4. The van der Waals surface area contributed by atoms with Crippen molar-refractivity contribution < 1.29 is 9.53 Å². The van der Waals surface area contributed by atoms with E-state index in [1.807, 2.05) is 19.9 Å². The summed E-state index contributed by atoms with van der Waals surface area (Å²) in [5, 5.41) is 0.527. The number of halogens is 2. The molecule has 0 spiro atoms. The highest BCUT2D eigenvalue weighted by Crippen LogP contribution is 2.31. The summed E-state index contributed by atoms with van der Waals surface area (Å²) in [4.78, 5) is 12.7. The zero-order valence-electron chi connectivity index (χ0n) is 11.5. The topological polar surface area (TPSA) is 26.3 Å². The first kappa shape index (κ1) is 15.1. The van der Waals surface area contributed by atoms with Gasteiger partial charge in [0.1, 0.15) is 5.75 Å². The minimum atomic E-state index is -0.112. The lowest BCUT2D eigenvalue weighted by Gasteiger charge is -2.13. The Morgan fingerprint density at radius 3 is 2.50 bits per heavy atom. The van der Waals surface area contributed by atoms with Gasteiger partial charge in [0.25, 0.3) is 0 Å². The molecule has 2 rings (SSSR count). The SMILES string of the molecule is COc1c(C(=O)c2cc(Cl)ccc2Br)ccc(C)c1C. The molecule has 0 amide bonds. The summed E-state index contributed by atoms with van der Waals surface area (Å²) in [7, 11) is 1.57. The van der Waals surface area contributed by atoms with Crippen LogP contribution >= 0.6 is 27.5 Å². The van der Waals surface area contributed by atoms with Gasteiger partial charge in [-0.3, -0.25) is 4.79 Å². The van der Waals surface area contributed by atoms with E-state index in [1.54, 1.807) is 31.4 Å². The Morgan fingerprint density at radius 2 is 1.85 bits per heavy atom. The zero-order chi connectivity index (χ0) is 14.9. The maximum absolute atomic E-state index is 12.7. The molecule has 0 heterocycles. The number of ketones is 1. The molecule has 0 aromatic heterocycles. The maximum atomic E-state index is 12.7. The number of rotatable bonds is 3. The van der Waals surface area contributed by atoms with E-state index in [0.717, 1.165) is 11.1 Å². The molecule has 0 aliphatic carbocycles. The second-order valence-electron chi connectivity index (χ2n) is 4.54. The van der Waals surface area contributed by atoms with Crippen LogP contribution in [0.2, 0.25) is 5.02 Å². The van der Waals surface area contributed by atoms with Crippen LogP contribution in [0.1, 0.15) is 27.0 Å². The van der Waals surface area contributed by atoms with Crippen molar-refractivity contribution >= 4 is 33.3 Å². The third kappa shape index (κ3) is 2.74. The van der Waals surface area contributed by atoms with E-state index in [-0.39, 0.29) is 5.78 Å². The number of carbonyl (C=O) groups is 1. The van der Waals surface area contributed by atoms with Crippen LogP contribution in [0.15, 0.2) is 34.8 Å². The van der Waals surface area contributed by atoms with E-state index >= 15 is 0 Å². The highest BCUT2D eigenvalue weighted by atomic mass is 79.9. The number of benzene rings is 2. The van der Waals surface area contributed by atoms with Gasteiger partial charge in [-0.15, -0.1) is 0 Å². The lowest BCUT2D eigenvalue weighted by atomic mass is 9.97. The molecule has 0 saturated carbocycles. The first-order valence-electron chi connectivity index (χ1n) is 6.09. The van der Waals surface area contributed by atoms with Crippen molar-refractivity contribution in [1.29, 1.82) is 0 Å². The standard InChI is InChI=1S/C16H14BrClO2/c1-9-4-6-12(16(20-3)10(9)2)15(19)13-8-11(18)5-7-14(13)17/h4-8H,1-3H3. The van der Waals surface area contributed by atoms with Crippen molar-refractivity contribution in [3.05, 3.63) is 62.1 Å². The Morgan fingerprint density at radius 1 is 1.15 bits per heavy atom. The molecule has 104 valence electrons. The van der Waals surface area contributed by atoms with Crippen molar-refractivity contribution in [2.24, 2.45) is 0 Å². The predicted octanol–water partition coefficient (Wildman–Crippen LogP) is 4.96. The van der Waals surface area contributed by atoms with Gasteiger partial charge in [-0.1, -0.05) is 33.6 Å². The van der Waals surface area contributed by atoms with Crippen LogP contribution < -0.4 is 4.74 Å². The van der Waals surface area contributed by atoms with Crippen molar-refractivity contribution in [1.82, 2.24) is 0 Å². The van der Waals surface area contributed by atoms with Crippen LogP contribution in [-0.2, 0) is 0 Å². The molecule has 0 saturated heterocycles. The fourth-order valence-electron chi connectivity index (χ4n) is 2.05. The second kappa shape index (κ2) is 5.98. The summed E-state index contributed by atoms with van der Waals surface area (Å²) >= 11 is 9.36. The van der Waals surface area contributed by atoms with Crippen LogP contribution in [-0.4, -0.2) is 12.9 Å². The highest BCUT2D eigenvalue weighted by Gasteiger charge is 2.19. The van der Waals surface area contributed by atoms with Crippen LogP contribution in [0.3, 0.4) is 0 Å². The number of ether oxygens (including phenoxy) is 1. The van der Waals surface area contributed by atoms with Gasteiger partial charge in [0.2, 0.25) is 0 Å². The van der Waals surface area contributed by atoms with Gasteiger partial charge in [0.15, 0.2) is 5.78 Å². The minimum absolute atomic E-state index is 0.112. The van der Waals surface area contributed by atoms with Gasteiger partial charge in [-0.25, -0.2) is 0 Å². The lowest BCUT2D eigenvalue weighted by molar-refractivity contribution is 0.103. The number of aryl methyl sites for hydroxylation is 1. The molecular formula is C16H14BrClO2. The Labute approximate surface area is 131 Å². The van der Waals surface area contributed by atoms with Crippen molar-refractivity contribution in [3.63, 3.8) is 0 Å². The van der Waals surface area contributed by atoms with Crippen LogP contribution in [0, 0.1) is 13.8 Å². The van der Waals surface area contributed by atoms with Gasteiger partial charge < -0.3 is 4.74 Å². The quantitative estimate of drug-likeness (QED) is 0.729. The fraction of sp³-hybridized carbons (Fsp3) is 0.188. The molecule has 0 aliphatic rings. The second-order valence-corrected chi connectivity index (χ2v) is 5.83. The third-order valence-corrected chi connectivity index (χ3v) is 4.23. The Balaban J connectivity index is 2.59. The van der Waals surface area contributed by atoms with Crippen LogP contribution in [0.5, 0.6) is 5.75 Å². The average molecular weight is 354 g/mol. The molecule has 0 atom stereocenters. The van der Waals surface area contributed by atoms with Crippen molar-refractivity contribution in [2.45, 2.75) is 13.8 Å². The Hall–Kier alpha value is -1.32. The average Bonchev–Trinajstić information content (AvgIpc) is 2.43. The lowest BCUT2D eigenvalue weighted by Crippen LogP contribution is -2.06. The molecule has 2 aromatic carbocycles. The van der Waals surface area contributed by atoms with Crippen LogP contribution in [0.25, 0.3) is 0 Å². The molecule has 0 aliphatic heterocycles. The summed E-state index contributed by atoms with van der Waals surface area (Å²) in [5.41, 5.74) is 3.12. The van der Waals surface area contributed by atoms with E-state index < -0.39 is 0 Å². The molecule has 0 radical (unpaired) electrons. The molecular weight excluding hydrogens is 340 g/mol. The summed E-state index contributed by atoms with van der Waals surface area (Å²) in [6, 6.07) is 8.87. The Kier molecular flexibility index (Phi) is 4.51. The van der Waals surface area contributed by atoms with E-state index in [9.17, 15) is 4.79 Å². The predicted molar refractivity (Wildman–Crippen MR) is 85.1 cm³/mol. The van der Waals surface area contributed by atoms with Gasteiger partial charge >= 0.3 is 0 Å². The van der Waals surface area contributed by atoms with E-state index in [0.29, 0.717) is 26.4 Å². The molecule has 20 heavy (non-hydrogen) atoms. The van der Waals surface area contributed by atoms with E-state index in [2.05, 4.69) is 15.9 Å². The van der Waals surface area contributed by atoms with Crippen molar-refractivity contribution in [3.8, 4) is 5.75 Å². The molecule has 2 nitrogen and oxygen atoms in total. The van der Waals surface area contributed by atoms with E-state index in [4.69, 9.17) is 16.3 Å². The fourth-order valence-corrected chi connectivity index (χ4v) is 2.65. The molecule has 2 aromatic rings. The third-order valence-electron chi connectivity index (χ3n) is 3.30. The monoisotopic (exact) mass is 352 g/mol. The number of hydrogen-bond acceptors (Lipinski definition) is 2. The largest absolute Gasteiger partial charge is 0.496 e. The summed E-state index contributed by atoms with van der Waals surface area (Å²) in [5.74, 6) is 0.501. The maximum Gasteiger partial charge on any atom is 0.197 e.